The molecule has 3 aromatic rings. The Morgan fingerprint density at radius 2 is 1.81 bits per heavy atom. The van der Waals surface area contributed by atoms with Crippen LogP contribution >= 0.6 is 0 Å². The van der Waals surface area contributed by atoms with E-state index in [1.165, 1.54) is 12.3 Å². The molecule has 3 rings (SSSR count). The second kappa shape index (κ2) is 7.16. The van der Waals surface area contributed by atoms with Crippen LogP contribution in [0.4, 0.5) is 0 Å². The summed E-state index contributed by atoms with van der Waals surface area (Å²) in [6.45, 7) is 7.29. The summed E-state index contributed by atoms with van der Waals surface area (Å²) >= 11 is 0. The van der Waals surface area contributed by atoms with E-state index in [2.05, 4.69) is 34.6 Å². The molecule has 0 aliphatic carbocycles. The number of aromatic nitrogens is 1. The first-order valence-corrected chi connectivity index (χ1v) is 8.94. The van der Waals surface area contributed by atoms with Crippen molar-refractivity contribution in [1.82, 2.24) is 10.3 Å². The molecule has 0 aliphatic heterocycles. The molecule has 134 valence electrons. The average molecular weight is 348 g/mol. The lowest BCUT2D eigenvalue weighted by Crippen LogP contribution is -2.27. The van der Waals surface area contributed by atoms with Crippen molar-refractivity contribution in [2.24, 2.45) is 0 Å². The molecule has 2 aromatic carbocycles. The van der Waals surface area contributed by atoms with Crippen molar-refractivity contribution in [3.8, 4) is 0 Å². The predicted molar refractivity (Wildman–Crippen MR) is 105 cm³/mol. The zero-order valence-corrected chi connectivity index (χ0v) is 15.6. The fraction of sp³-hybridized carbons (Fsp3) is 0.273. The maximum absolute atomic E-state index is 12.8. The van der Waals surface area contributed by atoms with Gasteiger partial charge in [-0.3, -0.25) is 9.59 Å². The van der Waals surface area contributed by atoms with Crippen molar-refractivity contribution in [1.29, 1.82) is 0 Å². The number of hydrogen-bond acceptors (Lipinski definition) is 2. The third kappa shape index (κ3) is 3.27. The number of ketones is 1. The lowest BCUT2D eigenvalue weighted by molar-refractivity contribution is 0.0934. The maximum Gasteiger partial charge on any atom is 0.268 e. The third-order valence-electron chi connectivity index (χ3n) is 4.84. The van der Waals surface area contributed by atoms with Crippen LogP contribution in [0.2, 0.25) is 0 Å². The van der Waals surface area contributed by atoms with Gasteiger partial charge in [-0.2, -0.15) is 0 Å². The van der Waals surface area contributed by atoms with Gasteiger partial charge in [-0.15, -0.1) is 0 Å². The molecule has 0 saturated heterocycles. The second-order valence-electron chi connectivity index (χ2n) is 6.69. The predicted octanol–water partition coefficient (Wildman–Crippen LogP) is 4.73. The van der Waals surface area contributed by atoms with Crippen LogP contribution in [0, 0.1) is 6.92 Å². The highest BCUT2D eigenvalue weighted by Gasteiger charge is 2.22. The molecule has 0 bridgehead atoms. The Morgan fingerprint density at radius 1 is 1.12 bits per heavy atom. The number of aryl methyl sites for hydroxylation is 1. The second-order valence-corrected chi connectivity index (χ2v) is 6.69. The Bertz CT molecular complexity index is 985. The summed E-state index contributed by atoms with van der Waals surface area (Å²) in [4.78, 5) is 27.8. The number of amides is 1. The largest absolute Gasteiger partial charge is 0.354 e. The Kier molecular flexibility index (Phi) is 4.94. The Hall–Kier alpha value is -2.88. The average Bonchev–Trinajstić information content (AvgIpc) is 2.97. The van der Waals surface area contributed by atoms with Crippen molar-refractivity contribution in [2.75, 3.05) is 0 Å². The van der Waals surface area contributed by atoms with E-state index < -0.39 is 0 Å². The molecule has 0 saturated carbocycles. The van der Waals surface area contributed by atoms with Crippen LogP contribution in [0.5, 0.6) is 0 Å². The number of rotatable bonds is 5. The van der Waals surface area contributed by atoms with Gasteiger partial charge in [0.25, 0.3) is 5.91 Å². The topological polar surface area (TPSA) is 62.0 Å². The summed E-state index contributed by atoms with van der Waals surface area (Å²) in [6, 6.07) is 14.2. The van der Waals surface area contributed by atoms with Crippen LogP contribution in [0.25, 0.3) is 10.8 Å². The first kappa shape index (κ1) is 17.9. The summed E-state index contributed by atoms with van der Waals surface area (Å²) in [7, 11) is 0. The van der Waals surface area contributed by atoms with Gasteiger partial charge in [-0.25, -0.2) is 0 Å². The molecule has 1 amide bonds. The number of hydrogen-bond donors (Lipinski definition) is 2. The van der Waals surface area contributed by atoms with E-state index in [9.17, 15) is 9.59 Å². The first-order chi connectivity index (χ1) is 12.4. The highest BCUT2D eigenvalue weighted by molar-refractivity contribution is 6.02. The van der Waals surface area contributed by atoms with Gasteiger partial charge in [0, 0.05) is 11.3 Å². The lowest BCUT2D eigenvalue weighted by atomic mass is 10.0. The maximum atomic E-state index is 12.8. The molecule has 0 spiro atoms. The van der Waals surface area contributed by atoms with Crippen molar-refractivity contribution < 1.29 is 9.59 Å². The zero-order chi connectivity index (χ0) is 18.8. The summed E-state index contributed by atoms with van der Waals surface area (Å²) < 4.78 is 0. The molecule has 1 atom stereocenters. The number of nitrogens with one attached hydrogen (secondary N) is 2. The van der Waals surface area contributed by atoms with E-state index >= 15 is 0 Å². The number of Topliss-reactive ketones (excluding diaryl/α,β-unsaturated/α-hetero) is 1. The van der Waals surface area contributed by atoms with E-state index in [1.54, 1.807) is 0 Å². The van der Waals surface area contributed by atoms with E-state index in [0.29, 0.717) is 17.7 Å². The van der Waals surface area contributed by atoms with Crippen LogP contribution in [0.15, 0.2) is 42.5 Å². The first-order valence-electron chi connectivity index (χ1n) is 8.94. The van der Waals surface area contributed by atoms with E-state index in [4.69, 9.17) is 0 Å². The highest BCUT2D eigenvalue weighted by Crippen LogP contribution is 2.23. The third-order valence-corrected chi connectivity index (χ3v) is 4.84. The highest BCUT2D eigenvalue weighted by atomic mass is 16.2. The minimum absolute atomic E-state index is 0.0165. The van der Waals surface area contributed by atoms with Crippen molar-refractivity contribution in [3.63, 3.8) is 0 Å². The van der Waals surface area contributed by atoms with Crippen LogP contribution in [-0.4, -0.2) is 16.7 Å². The van der Waals surface area contributed by atoms with Gasteiger partial charge < -0.3 is 10.3 Å². The van der Waals surface area contributed by atoms with Crippen molar-refractivity contribution >= 4 is 22.5 Å². The van der Waals surface area contributed by atoms with E-state index in [-0.39, 0.29) is 17.7 Å². The molecule has 4 nitrogen and oxygen atoms in total. The molecule has 1 heterocycles. The molecular weight excluding hydrogens is 324 g/mol. The molecular formula is C22H24N2O2. The van der Waals surface area contributed by atoms with Crippen LogP contribution in [0.1, 0.15) is 64.5 Å². The van der Waals surface area contributed by atoms with Gasteiger partial charge in [-0.05, 0) is 55.2 Å². The minimum atomic E-state index is -0.182. The number of carbonyl (C=O) groups excluding carboxylic acids is 2. The fourth-order valence-corrected chi connectivity index (χ4v) is 3.53. The van der Waals surface area contributed by atoms with Crippen LogP contribution in [0.3, 0.4) is 0 Å². The quantitative estimate of drug-likeness (QED) is 0.655. The van der Waals surface area contributed by atoms with Crippen molar-refractivity contribution in [2.45, 2.75) is 40.2 Å². The van der Waals surface area contributed by atoms with Crippen LogP contribution < -0.4 is 5.32 Å². The molecule has 2 N–H and O–H groups in total. The van der Waals surface area contributed by atoms with Gasteiger partial charge in [0.2, 0.25) is 0 Å². The summed E-state index contributed by atoms with van der Waals surface area (Å²) in [5.74, 6) is -0.199. The number of carbonyl (C=O) groups is 2. The molecule has 26 heavy (non-hydrogen) atoms. The van der Waals surface area contributed by atoms with Crippen LogP contribution in [-0.2, 0) is 6.42 Å². The smallest absolute Gasteiger partial charge is 0.268 e. The monoisotopic (exact) mass is 348 g/mol. The Balaban J connectivity index is 1.87. The van der Waals surface area contributed by atoms with E-state index in [0.717, 1.165) is 22.2 Å². The molecule has 4 heteroatoms. The summed E-state index contributed by atoms with van der Waals surface area (Å²) in [6.07, 6.45) is 0.631. The Labute approximate surface area is 153 Å². The molecule has 1 aromatic heterocycles. The van der Waals surface area contributed by atoms with E-state index in [1.807, 2.05) is 39.0 Å². The Morgan fingerprint density at radius 3 is 2.46 bits per heavy atom. The standard InChI is InChI=1S/C22H24N2O2/c1-5-19-20(15(4)25)14(3)23-21(19)22(26)24-13(2)17-11-10-16-8-6-7-9-18(16)12-17/h6-13,23H,5H2,1-4H3,(H,24,26). The van der Waals surface area contributed by atoms with Gasteiger partial charge in [0.1, 0.15) is 5.69 Å². The van der Waals surface area contributed by atoms with Gasteiger partial charge in [0.05, 0.1) is 6.04 Å². The number of H-pyrrole nitrogens is 1. The number of aromatic amines is 1. The minimum Gasteiger partial charge on any atom is -0.354 e. The normalized spacial score (nSPS) is 12.2. The molecule has 0 fully saturated rings. The number of fused-ring (bicyclic) bond motifs is 1. The lowest BCUT2D eigenvalue weighted by Gasteiger charge is -2.15. The van der Waals surface area contributed by atoms with Gasteiger partial charge >= 0.3 is 0 Å². The molecule has 1 unspecified atom stereocenters. The molecule has 0 aliphatic rings. The zero-order valence-electron chi connectivity index (χ0n) is 15.6. The van der Waals surface area contributed by atoms with Crippen molar-refractivity contribution in [3.05, 3.63) is 70.5 Å². The SMILES string of the molecule is CCc1c(C(=O)NC(C)c2ccc3ccccc3c2)[nH]c(C)c1C(C)=O. The molecule has 0 radical (unpaired) electrons. The number of benzene rings is 2. The van der Waals surface area contributed by atoms with Gasteiger partial charge in [-0.1, -0.05) is 43.3 Å². The van der Waals surface area contributed by atoms with Gasteiger partial charge in [0.15, 0.2) is 5.78 Å². The summed E-state index contributed by atoms with van der Waals surface area (Å²) in [5.41, 5.74) is 3.71. The summed E-state index contributed by atoms with van der Waals surface area (Å²) in [5, 5.41) is 5.37. The fourth-order valence-electron chi connectivity index (χ4n) is 3.53.